The molecular weight excluding hydrogens is 234 g/mol. The van der Waals surface area contributed by atoms with Gasteiger partial charge in [0.15, 0.2) is 0 Å². The lowest BCUT2D eigenvalue weighted by Gasteiger charge is -1.99. The van der Waals surface area contributed by atoms with Crippen molar-refractivity contribution in [1.82, 2.24) is 25.3 Å². The Morgan fingerprint density at radius 1 is 1.44 bits per heavy atom. The molecule has 0 atom stereocenters. The van der Waals surface area contributed by atoms with Crippen LogP contribution in [-0.4, -0.2) is 25.9 Å². The molecule has 0 spiro atoms. The van der Waals surface area contributed by atoms with Crippen molar-refractivity contribution in [3.63, 3.8) is 0 Å². The van der Waals surface area contributed by atoms with Gasteiger partial charge in [0.05, 0.1) is 6.54 Å². The van der Waals surface area contributed by atoms with Gasteiger partial charge in [-0.05, 0) is 19.9 Å². The van der Waals surface area contributed by atoms with E-state index < -0.39 is 0 Å². The summed E-state index contributed by atoms with van der Waals surface area (Å²) in [6.45, 7) is 6.53. The number of amides is 1. The van der Waals surface area contributed by atoms with Crippen LogP contribution in [0, 0.1) is 13.8 Å². The van der Waals surface area contributed by atoms with Crippen molar-refractivity contribution in [1.29, 1.82) is 0 Å². The molecule has 0 fully saturated rings. The summed E-state index contributed by atoms with van der Waals surface area (Å²) in [5.41, 5.74) is 1.35. The van der Waals surface area contributed by atoms with Crippen molar-refractivity contribution >= 4 is 5.91 Å². The molecule has 2 aromatic rings. The van der Waals surface area contributed by atoms with Crippen molar-refractivity contribution in [2.24, 2.45) is 0 Å². The Morgan fingerprint density at radius 2 is 2.22 bits per heavy atom. The number of nitrogens with one attached hydrogen (secondary N) is 1. The molecule has 7 nitrogen and oxygen atoms in total. The van der Waals surface area contributed by atoms with E-state index in [1.165, 1.54) is 0 Å². The van der Waals surface area contributed by atoms with Gasteiger partial charge in [-0.25, -0.2) is 0 Å². The third-order valence-electron chi connectivity index (χ3n) is 2.48. The lowest BCUT2D eigenvalue weighted by Crippen LogP contribution is -2.23. The normalized spacial score (nSPS) is 10.6. The molecule has 2 rings (SSSR count). The summed E-state index contributed by atoms with van der Waals surface area (Å²) < 4.78 is 6.93. The van der Waals surface area contributed by atoms with Crippen LogP contribution in [0.15, 0.2) is 10.5 Å². The first-order chi connectivity index (χ1) is 8.60. The van der Waals surface area contributed by atoms with Gasteiger partial charge in [0.25, 0.3) is 5.91 Å². The number of aromatic nitrogens is 4. The number of hydrogen-bond acceptors (Lipinski definition) is 5. The van der Waals surface area contributed by atoms with E-state index in [0.29, 0.717) is 17.5 Å². The predicted octanol–water partition coefficient (Wildman–Crippen LogP) is 0.833. The summed E-state index contributed by atoms with van der Waals surface area (Å²) in [5, 5.41) is 14.3. The zero-order valence-electron chi connectivity index (χ0n) is 10.6. The molecule has 1 amide bonds. The maximum absolute atomic E-state index is 11.8. The van der Waals surface area contributed by atoms with Crippen LogP contribution in [0.25, 0.3) is 0 Å². The van der Waals surface area contributed by atoms with Gasteiger partial charge in [-0.15, -0.1) is 10.2 Å². The molecule has 0 unspecified atom stereocenters. The van der Waals surface area contributed by atoms with Crippen LogP contribution in [0.3, 0.4) is 0 Å². The van der Waals surface area contributed by atoms with Crippen LogP contribution in [0.1, 0.15) is 34.9 Å². The zero-order valence-corrected chi connectivity index (χ0v) is 10.6. The van der Waals surface area contributed by atoms with Crippen LogP contribution in [-0.2, 0) is 13.1 Å². The fourth-order valence-corrected chi connectivity index (χ4v) is 1.60. The highest BCUT2D eigenvalue weighted by molar-refractivity contribution is 5.92. The first-order valence-corrected chi connectivity index (χ1v) is 5.71. The fraction of sp³-hybridized carbons (Fsp3) is 0.455. The highest BCUT2D eigenvalue weighted by Crippen LogP contribution is 2.04. The number of carbonyl (C=O) groups excluding carboxylic acids is 1. The second-order valence-electron chi connectivity index (χ2n) is 3.88. The van der Waals surface area contributed by atoms with Crippen molar-refractivity contribution in [2.75, 3.05) is 0 Å². The largest absolute Gasteiger partial charge is 0.424 e. The Morgan fingerprint density at radius 3 is 2.78 bits per heavy atom. The van der Waals surface area contributed by atoms with E-state index in [9.17, 15) is 4.79 Å². The minimum absolute atomic E-state index is 0.206. The Hall–Kier alpha value is -2.18. The van der Waals surface area contributed by atoms with E-state index >= 15 is 0 Å². The van der Waals surface area contributed by atoms with Gasteiger partial charge in [-0.1, -0.05) is 0 Å². The van der Waals surface area contributed by atoms with E-state index in [1.54, 1.807) is 17.7 Å². The molecule has 2 heterocycles. The lowest BCUT2D eigenvalue weighted by molar-refractivity contribution is 0.0941. The van der Waals surface area contributed by atoms with Crippen LogP contribution in [0.2, 0.25) is 0 Å². The average molecular weight is 249 g/mol. The first kappa shape index (κ1) is 12.3. The highest BCUT2D eigenvalue weighted by Gasteiger charge is 2.12. The Labute approximate surface area is 104 Å². The van der Waals surface area contributed by atoms with Crippen LogP contribution in [0.5, 0.6) is 0 Å². The van der Waals surface area contributed by atoms with Gasteiger partial charge >= 0.3 is 0 Å². The van der Waals surface area contributed by atoms with Gasteiger partial charge in [0, 0.05) is 19.2 Å². The molecule has 2 aromatic heterocycles. The van der Waals surface area contributed by atoms with Gasteiger partial charge in [0.2, 0.25) is 11.8 Å². The minimum atomic E-state index is -0.249. The van der Waals surface area contributed by atoms with E-state index in [0.717, 1.165) is 12.2 Å². The highest BCUT2D eigenvalue weighted by atomic mass is 16.4. The zero-order chi connectivity index (χ0) is 13.1. The molecule has 0 aliphatic rings. The van der Waals surface area contributed by atoms with Gasteiger partial charge < -0.3 is 9.73 Å². The van der Waals surface area contributed by atoms with Gasteiger partial charge in [0.1, 0.15) is 5.69 Å². The van der Waals surface area contributed by atoms with E-state index in [4.69, 9.17) is 4.42 Å². The predicted molar refractivity (Wildman–Crippen MR) is 62.8 cm³/mol. The second kappa shape index (κ2) is 4.99. The van der Waals surface area contributed by atoms with Gasteiger partial charge in [-0.2, -0.15) is 5.10 Å². The molecular formula is C11H15N5O2. The average Bonchev–Trinajstić information content (AvgIpc) is 2.92. The lowest BCUT2D eigenvalue weighted by atomic mass is 10.3. The molecule has 0 saturated carbocycles. The number of aryl methyl sites for hydroxylation is 3. The third kappa shape index (κ3) is 2.55. The maximum Gasteiger partial charge on any atom is 0.272 e. The van der Waals surface area contributed by atoms with Crippen molar-refractivity contribution in [2.45, 2.75) is 33.9 Å². The number of carbonyl (C=O) groups is 1. The number of nitrogens with zero attached hydrogens (tertiary/aromatic N) is 4. The van der Waals surface area contributed by atoms with E-state index in [1.807, 2.05) is 13.8 Å². The topological polar surface area (TPSA) is 85.8 Å². The SMILES string of the molecule is CCn1nc(C(=O)NCc2nnc(C)o2)cc1C. The molecule has 0 bridgehead atoms. The molecule has 0 aromatic carbocycles. The molecule has 0 radical (unpaired) electrons. The van der Waals surface area contributed by atoms with Crippen molar-refractivity contribution in [3.05, 3.63) is 29.2 Å². The van der Waals surface area contributed by atoms with E-state index in [-0.39, 0.29) is 12.5 Å². The molecule has 1 N–H and O–H groups in total. The summed E-state index contributed by atoms with van der Waals surface area (Å²) in [5.74, 6) is 0.610. The summed E-state index contributed by atoms with van der Waals surface area (Å²) in [6.07, 6.45) is 0. The Balaban J connectivity index is 1.99. The maximum atomic E-state index is 11.8. The smallest absolute Gasteiger partial charge is 0.272 e. The molecule has 18 heavy (non-hydrogen) atoms. The summed E-state index contributed by atoms with van der Waals surface area (Å²) in [6, 6.07) is 1.75. The Bertz CT molecular complexity index is 558. The Kier molecular flexibility index (Phi) is 3.40. The van der Waals surface area contributed by atoms with Crippen molar-refractivity contribution in [3.8, 4) is 0 Å². The fourth-order valence-electron chi connectivity index (χ4n) is 1.60. The summed E-state index contributed by atoms with van der Waals surface area (Å²) in [7, 11) is 0. The summed E-state index contributed by atoms with van der Waals surface area (Å²) >= 11 is 0. The molecule has 96 valence electrons. The standard InChI is InChI=1S/C11H15N5O2/c1-4-16-7(2)5-9(15-16)11(17)12-6-10-14-13-8(3)18-10/h5H,4,6H2,1-3H3,(H,12,17). The molecule has 0 aliphatic carbocycles. The second-order valence-corrected chi connectivity index (χ2v) is 3.88. The molecule has 0 saturated heterocycles. The van der Waals surface area contributed by atoms with Crippen LogP contribution in [0.4, 0.5) is 0 Å². The van der Waals surface area contributed by atoms with Crippen molar-refractivity contribution < 1.29 is 9.21 Å². The third-order valence-corrected chi connectivity index (χ3v) is 2.48. The summed E-state index contributed by atoms with van der Waals surface area (Å²) in [4.78, 5) is 11.8. The van der Waals surface area contributed by atoms with E-state index in [2.05, 4.69) is 20.6 Å². The monoisotopic (exact) mass is 249 g/mol. The molecule has 0 aliphatic heterocycles. The van der Waals surface area contributed by atoms with Crippen LogP contribution < -0.4 is 5.32 Å². The van der Waals surface area contributed by atoms with Gasteiger partial charge in [-0.3, -0.25) is 9.48 Å². The quantitative estimate of drug-likeness (QED) is 0.867. The first-order valence-electron chi connectivity index (χ1n) is 5.71. The number of rotatable bonds is 4. The molecule has 7 heteroatoms. The van der Waals surface area contributed by atoms with Crippen LogP contribution >= 0.6 is 0 Å². The minimum Gasteiger partial charge on any atom is -0.424 e. The number of hydrogen-bond donors (Lipinski definition) is 1.